The minimum atomic E-state index is -4.62. The molecule has 146 valence electrons. The minimum Gasteiger partial charge on any atom is -0.455 e. The molecule has 1 heterocycles. The summed E-state index contributed by atoms with van der Waals surface area (Å²) in [4.78, 5) is 18.4. The zero-order chi connectivity index (χ0) is 20.5. The first-order valence-electron chi connectivity index (χ1n) is 8.01. The Kier molecular flexibility index (Phi) is 4.87. The van der Waals surface area contributed by atoms with Crippen LogP contribution in [-0.2, 0) is 6.18 Å². The number of nitrogens with one attached hydrogen (secondary N) is 2. The van der Waals surface area contributed by atoms with Crippen molar-refractivity contribution >= 4 is 28.5 Å². The molecular weight excluding hydrogens is 375 g/mol. The number of nitrogen functional groups attached to an aromatic ring is 1. The van der Waals surface area contributed by atoms with Crippen molar-refractivity contribution in [3.05, 3.63) is 53.7 Å². The van der Waals surface area contributed by atoms with Crippen LogP contribution >= 0.6 is 0 Å². The maximum Gasteiger partial charge on any atom is 0.417 e. The molecule has 3 rings (SSSR count). The molecule has 0 radical (unpaired) electrons. The van der Waals surface area contributed by atoms with Gasteiger partial charge in [-0.05, 0) is 42.5 Å². The van der Waals surface area contributed by atoms with Gasteiger partial charge in [-0.2, -0.15) is 18.2 Å². The highest BCUT2D eigenvalue weighted by molar-refractivity contribution is 6.05. The van der Waals surface area contributed by atoms with Gasteiger partial charge >= 0.3 is 6.18 Å². The predicted octanol–water partition coefficient (Wildman–Crippen LogP) is 3.24. The minimum absolute atomic E-state index is 0.00762. The Balaban J connectivity index is 2.12. The number of carbonyl (C=O) groups excluding carboxylic acids is 1. The zero-order valence-corrected chi connectivity index (χ0v) is 14.6. The number of nitrogens with zero attached hydrogens (tertiary/aromatic N) is 1. The lowest BCUT2D eigenvalue weighted by molar-refractivity contribution is -0.136. The van der Waals surface area contributed by atoms with Crippen LogP contribution in [0.3, 0.4) is 0 Å². The van der Waals surface area contributed by atoms with Gasteiger partial charge in [0.15, 0.2) is 11.7 Å². The van der Waals surface area contributed by atoms with E-state index in [0.717, 1.165) is 12.1 Å². The molecule has 0 fully saturated rings. The van der Waals surface area contributed by atoms with Crippen molar-refractivity contribution in [2.24, 2.45) is 10.7 Å². The van der Waals surface area contributed by atoms with Crippen molar-refractivity contribution < 1.29 is 22.7 Å². The number of hydrogen-bond acceptors (Lipinski definition) is 3. The number of nitrogens with two attached hydrogens (primary N) is 2. The molecule has 0 saturated heterocycles. The summed E-state index contributed by atoms with van der Waals surface area (Å²) in [6.07, 6.45) is -4.62. The molecular formula is C18H16F3N5O2. The number of ether oxygens (including phenoxy) is 1. The number of guanidine groups is 1. The number of aromatic nitrogens is 1. The normalized spacial score (nSPS) is 12.2. The second-order valence-electron chi connectivity index (χ2n) is 5.80. The Hall–Kier alpha value is -3.69. The number of anilines is 1. The summed E-state index contributed by atoms with van der Waals surface area (Å²) in [6, 6.07) is 9.48. The summed E-state index contributed by atoms with van der Waals surface area (Å²) >= 11 is 0. The maximum atomic E-state index is 13.4. The number of aromatic amines is 1. The number of amides is 1. The second-order valence-corrected chi connectivity index (χ2v) is 5.80. The summed E-state index contributed by atoms with van der Waals surface area (Å²) in [6.45, 7) is 0. The fraction of sp³-hybridized carbons (Fsp3) is 0.111. The molecule has 7 nitrogen and oxygen atoms in total. The van der Waals surface area contributed by atoms with Crippen LogP contribution in [0, 0.1) is 0 Å². The number of halogens is 3. The molecule has 0 atom stereocenters. The first-order valence-corrected chi connectivity index (χ1v) is 8.01. The fourth-order valence-electron chi connectivity index (χ4n) is 2.53. The van der Waals surface area contributed by atoms with E-state index in [0.29, 0.717) is 11.4 Å². The van der Waals surface area contributed by atoms with Crippen molar-refractivity contribution in [1.29, 1.82) is 0 Å². The molecule has 0 aliphatic rings. The molecule has 0 spiro atoms. The van der Waals surface area contributed by atoms with Crippen LogP contribution < -0.4 is 21.5 Å². The third-order valence-corrected chi connectivity index (χ3v) is 3.88. The molecule has 3 aromatic rings. The number of carbonyl (C=O) groups is 1. The monoisotopic (exact) mass is 391 g/mol. The van der Waals surface area contributed by atoms with E-state index >= 15 is 0 Å². The van der Waals surface area contributed by atoms with Gasteiger partial charge in [-0.15, -0.1) is 0 Å². The van der Waals surface area contributed by atoms with E-state index in [1.165, 1.54) is 13.1 Å². The Labute approximate surface area is 157 Å². The van der Waals surface area contributed by atoms with Crippen LogP contribution in [0.25, 0.3) is 10.9 Å². The van der Waals surface area contributed by atoms with Gasteiger partial charge in [-0.3, -0.25) is 4.79 Å². The third kappa shape index (κ3) is 3.85. The Morgan fingerprint density at radius 3 is 2.46 bits per heavy atom. The number of hydrogen-bond donors (Lipinski definition) is 4. The highest BCUT2D eigenvalue weighted by atomic mass is 19.4. The lowest BCUT2D eigenvalue weighted by atomic mass is 10.1. The third-order valence-electron chi connectivity index (χ3n) is 3.88. The molecule has 6 N–H and O–H groups in total. The van der Waals surface area contributed by atoms with E-state index in [1.54, 1.807) is 24.3 Å². The van der Waals surface area contributed by atoms with E-state index in [2.05, 4.69) is 15.3 Å². The largest absolute Gasteiger partial charge is 0.455 e. The van der Waals surface area contributed by atoms with Crippen molar-refractivity contribution in [2.45, 2.75) is 6.18 Å². The van der Waals surface area contributed by atoms with Gasteiger partial charge in [0.05, 0.1) is 11.1 Å². The number of benzene rings is 2. The van der Waals surface area contributed by atoms with Gasteiger partial charge in [0.1, 0.15) is 11.4 Å². The zero-order valence-electron chi connectivity index (χ0n) is 14.6. The average molecular weight is 391 g/mol. The molecule has 1 aromatic heterocycles. The second kappa shape index (κ2) is 7.14. The van der Waals surface area contributed by atoms with Gasteiger partial charge in [0, 0.05) is 18.1 Å². The van der Waals surface area contributed by atoms with Crippen LogP contribution in [0.4, 0.5) is 18.9 Å². The molecule has 0 unspecified atom stereocenters. The van der Waals surface area contributed by atoms with E-state index < -0.39 is 17.6 Å². The highest BCUT2D eigenvalue weighted by Gasteiger charge is 2.34. The topological polar surface area (TPSA) is 119 Å². The average Bonchev–Trinajstić information content (AvgIpc) is 3.08. The smallest absolute Gasteiger partial charge is 0.417 e. The molecule has 2 aromatic carbocycles. The van der Waals surface area contributed by atoms with Crippen LogP contribution in [0.15, 0.2) is 47.5 Å². The van der Waals surface area contributed by atoms with Crippen molar-refractivity contribution in [3.8, 4) is 11.5 Å². The summed E-state index contributed by atoms with van der Waals surface area (Å²) in [5.74, 6) is -0.514. The van der Waals surface area contributed by atoms with Crippen LogP contribution in [0.5, 0.6) is 11.5 Å². The molecule has 10 heteroatoms. The number of rotatable bonds is 3. The van der Waals surface area contributed by atoms with Crippen molar-refractivity contribution in [2.75, 3.05) is 12.8 Å². The molecule has 0 aliphatic heterocycles. The lowest BCUT2D eigenvalue weighted by Crippen LogP contribution is -2.28. The molecule has 0 bridgehead atoms. The van der Waals surface area contributed by atoms with E-state index in [4.69, 9.17) is 16.2 Å². The molecule has 28 heavy (non-hydrogen) atoms. The fourth-order valence-corrected chi connectivity index (χ4v) is 2.53. The lowest BCUT2D eigenvalue weighted by Gasteiger charge is -2.11. The Morgan fingerprint density at radius 1 is 1.18 bits per heavy atom. The number of aliphatic imine (C=N–C) groups is 1. The summed E-state index contributed by atoms with van der Waals surface area (Å²) in [5, 5.41) is 2.24. The van der Waals surface area contributed by atoms with Crippen LogP contribution in [-0.4, -0.2) is 23.9 Å². The van der Waals surface area contributed by atoms with Crippen molar-refractivity contribution in [1.82, 2.24) is 10.3 Å². The summed E-state index contributed by atoms with van der Waals surface area (Å²) < 4.78 is 45.8. The van der Waals surface area contributed by atoms with Gasteiger partial charge < -0.3 is 26.5 Å². The van der Waals surface area contributed by atoms with Crippen molar-refractivity contribution in [3.63, 3.8) is 0 Å². The van der Waals surface area contributed by atoms with E-state index in [-0.39, 0.29) is 28.3 Å². The number of alkyl halides is 3. The quantitative estimate of drug-likeness (QED) is 0.311. The SMILES string of the molecule is CNC(N)=NC(=O)c1cc2c(C(F)(F)F)ccc(Oc3ccc(N)cc3)c2[nH]1. The van der Waals surface area contributed by atoms with E-state index in [9.17, 15) is 18.0 Å². The van der Waals surface area contributed by atoms with Crippen LogP contribution in [0.2, 0.25) is 0 Å². The van der Waals surface area contributed by atoms with Gasteiger partial charge in [-0.25, -0.2) is 0 Å². The van der Waals surface area contributed by atoms with E-state index in [1.807, 2.05) is 0 Å². The van der Waals surface area contributed by atoms with Gasteiger partial charge in [0.2, 0.25) is 0 Å². The number of H-pyrrole nitrogens is 1. The summed E-state index contributed by atoms with van der Waals surface area (Å²) in [7, 11) is 1.46. The number of fused-ring (bicyclic) bond motifs is 1. The molecule has 0 aliphatic carbocycles. The molecule has 1 amide bonds. The first kappa shape index (κ1) is 19.1. The predicted molar refractivity (Wildman–Crippen MR) is 99.2 cm³/mol. The van der Waals surface area contributed by atoms with Crippen LogP contribution in [0.1, 0.15) is 16.1 Å². The maximum absolute atomic E-state index is 13.4. The Morgan fingerprint density at radius 2 is 1.86 bits per heavy atom. The highest BCUT2D eigenvalue weighted by Crippen LogP contribution is 2.39. The standard InChI is InChI=1S/C18H16F3N5O2/c1-24-17(23)26-16(27)13-8-11-12(18(19,20)21)6-7-14(15(11)25-13)28-10-4-2-9(22)3-5-10/h2-8,25H,22H2,1H3,(H3,23,24,26,27). The Bertz CT molecular complexity index is 1060. The first-order chi connectivity index (χ1) is 13.2. The summed E-state index contributed by atoms with van der Waals surface area (Å²) in [5.41, 5.74) is 10.5. The van der Waals surface area contributed by atoms with Gasteiger partial charge in [-0.1, -0.05) is 0 Å². The molecule has 0 saturated carbocycles. The van der Waals surface area contributed by atoms with Gasteiger partial charge in [0.25, 0.3) is 5.91 Å².